The van der Waals surface area contributed by atoms with Crippen LogP contribution in [-0.2, 0) is 0 Å². The van der Waals surface area contributed by atoms with Crippen molar-refractivity contribution in [2.45, 2.75) is 13.8 Å². The van der Waals surface area contributed by atoms with Crippen molar-refractivity contribution in [2.75, 3.05) is 0 Å². The third-order valence-corrected chi connectivity index (χ3v) is 3.71. The number of aromatic nitrogens is 5. The highest BCUT2D eigenvalue weighted by molar-refractivity contribution is 7.03. The molecule has 110 valence electrons. The molecule has 0 bridgehead atoms. The summed E-state index contributed by atoms with van der Waals surface area (Å²) < 4.78 is 5.40. The molecule has 3 aromatic rings. The van der Waals surface area contributed by atoms with E-state index in [1.54, 1.807) is 16.1 Å². The van der Waals surface area contributed by atoms with Gasteiger partial charge in [-0.15, -0.1) is 10.2 Å². The zero-order chi connectivity index (χ0) is 15.5. The molecule has 0 N–H and O–H groups in total. The van der Waals surface area contributed by atoms with E-state index in [-0.39, 0.29) is 5.78 Å². The van der Waals surface area contributed by atoms with Crippen molar-refractivity contribution in [1.29, 1.82) is 0 Å². The van der Waals surface area contributed by atoms with E-state index in [1.165, 1.54) is 17.6 Å². The highest BCUT2D eigenvalue weighted by Crippen LogP contribution is 2.14. The Morgan fingerprint density at radius 1 is 1.18 bits per heavy atom. The molecule has 2 heterocycles. The van der Waals surface area contributed by atoms with Gasteiger partial charge in [0.1, 0.15) is 0 Å². The fraction of sp³-hybridized carbons (Fsp3) is 0.133. The van der Waals surface area contributed by atoms with Gasteiger partial charge in [0.2, 0.25) is 5.78 Å². The molecule has 2 aromatic heterocycles. The van der Waals surface area contributed by atoms with Crippen LogP contribution in [0.1, 0.15) is 27.4 Å². The number of benzene rings is 1. The smallest absolute Gasteiger partial charge is 0.208 e. The Kier molecular flexibility index (Phi) is 3.88. The van der Waals surface area contributed by atoms with Gasteiger partial charge in [0.15, 0.2) is 5.69 Å². The van der Waals surface area contributed by atoms with Crippen LogP contribution in [0.25, 0.3) is 11.8 Å². The van der Waals surface area contributed by atoms with Gasteiger partial charge in [0, 0.05) is 5.38 Å². The Labute approximate surface area is 131 Å². The maximum atomic E-state index is 12.2. The number of carbonyl (C=O) groups excluding carboxylic acids is 1. The molecule has 6 nitrogen and oxygen atoms in total. The van der Waals surface area contributed by atoms with Crippen molar-refractivity contribution in [3.8, 4) is 5.69 Å². The van der Waals surface area contributed by atoms with Crippen molar-refractivity contribution in [3.63, 3.8) is 0 Å². The summed E-state index contributed by atoms with van der Waals surface area (Å²) in [6, 6.07) is 7.88. The molecule has 1 aromatic carbocycles. The van der Waals surface area contributed by atoms with E-state index in [4.69, 9.17) is 0 Å². The minimum Gasteiger partial charge on any atom is -0.287 e. The Morgan fingerprint density at radius 3 is 2.64 bits per heavy atom. The average Bonchev–Trinajstić information content (AvgIpc) is 3.15. The Bertz CT molecular complexity index is 818. The van der Waals surface area contributed by atoms with Crippen molar-refractivity contribution in [1.82, 2.24) is 24.6 Å². The molecule has 0 spiro atoms. The first kappa shape index (κ1) is 14.3. The number of ketones is 1. The van der Waals surface area contributed by atoms with Crippen molar-refractivity contribution >= 4 is 23.4 Å². The second-order valence-corrected chi connectivity index (χ2v) is 5.41. The highest BCUT2D eigenvalue weighted by atomic mass is 32.1. The summed E-state index contributed by atoms with van der Waals surface area (Å²) >= 11 is 1.24. The molecule has 0 atom stereocenters. The lowest BCUT2D eigenvalue weighted by atomic mass is 10.2. The molecule has 7 heteroatoms. The Morgan fingerprint density at radius 2 is 1.95 bits per heavy atom. The van der Waals surface area contributed by atoms with E-state index in [9.17, 15) is 4.79 Å². The molecule has 22 heavy (non-hydrogen) atoms. The van der Waals surface area contributed by atoms with Crippen molar-refractivity contribution in [3.05, 3.63) is 58.4 Å². The zero-order valence-electron chi connectivity index (χ0n) is 12.1. The number of aryl methyl sites for hydroxylation is 1. The SMILES string of the molecule is Cc1ccc(-n2nnc(C(=O)/C=C/c3csnn3)c2C)cc1. The predicted molar refractivity (Wildman–Crippen MR) is 84.1 cm³/mol. The average molecular weight is 311 g/mol. The van der Waals surface area contributed by atoms with Crippen molar-refractivity contribution in [2.24, 2.45) is 0 Å². The van der Waals surface area contributed by atoms with Crippen LogP contribution < -0.4 is 0 Å². The van der Waals surface area contributed by atoms with Gasteiger partial charge in [0.25, 0.3) is 0 Å². The molecule has 0 unspecified atom stereocenters. The van der Waals surface area contributed by atoms with Crippen LogP contribution in [-0.4, -0.2) is 30.4 Å². The van der Waals surface area contributed by atoms with E-state index >= 15 is 0 Å². The molecule has 0 radical (unpaired) electrons. The lowest BCUT2D eigenvalue weighted by molar-refractivity contribution is 0.104. The van der Waals surface area contributed by atoms with Crippen LogP contribution in [0.2, 0.25) is 0 Å². The summed E-state index contributed by atoms with van der Waals surface area (Å²) in [6.07, 6.45) is 3.06. The predicted octanol–water partition coefficient (Wildman–Crippen LogP) is 2.63. The van der Waals surface area contributed by atoms with E-state index in [2.05, 4.69) is 19.9 Å². The summed E-state index contributed by atoms with van der Waals surface area (Å²) in [5.41, 5.74) is 3.73. The summed E-state index contributed by atoms with van der Waals surface area (Å²) in [6.45, 7) is 3.84. The van der Waals surface area contributed by atoms with Crippen LogP contribution in [0.15, 0.2) is 35.7 Å². The van der Waals surface area contributed by atoms with Crippen LogP contribution in [0.4, 0.5) is 0 Å². The van der Waals surface area contributed by atoms with Crippen molar-refractivity contribution < 1.29 is 4.79 Å². The lowest BCUT2D eigenvalue weighted by Gasteiger charge is -2.03. The van der Waals surface area contributed by atoms with Crippen LogP contribution >= 0.6 is 11.5 Å². The van der Waals surface area contributed by atoms with E-state index in [1.807, 2.05) is 38.1 Å². The Balaban J connectivity index is 1.87. The highest BCUT2D eigenvalue weighted by Gasteiger charge is 2.15. The van der Waals surface area contributed by atoms with Crippen LogP contribution in [0, 0.1) is 13.8 Å². The van der Waals surface area contributed by atoms with Gasteiger partial charge in [-0.25, -0.2) is 4.68 Å². The van der Waals surface area contributed by atoms with E-state index in [0.29, 0.717) is 17.1 Å². The first-order valence-electron chi connectivity index (χ1n) is 6.64. The molecule has 0 amide bonds. The molecular formula is C15H13N5OS. The van der Waals surface area contributed by atoms with Crippen LogP contribution in [0.5, 0.6) is 0 Å². The maximum Gasteiger partial charge on any atom is 0.208 e. The molecule has 0 aliphatic carbocycles. The summed E-state index contributed by atoms with van der Waals surface area (Å²) in [4.78, 5) is 12.2. The number of nitrogens with zero attached hydrogens (tertiary/aromatic N) is 5. The third-order valence-electron chi connectivity index (χ3n) is 3.19. The molecule has 0 aliphatic heterocycles. The summed E-state index contributed by atoms with van der Waals surface area (Å²) in [5.74, 6) is -0.205. The summed E-state index contributed by atoms with van der Waals surface area (Å²) in [7, 11) is 0. The standard InChI is InChI=1S/C15H13N5OS/c1-10-3-6-13(7-4-10)20-11(2)15(17-18-20)14(21)8-5-12-9-22-19-16-12/h3-9H,1-2H3/b8-5+. The van der Waals surface area contributed by atoms with Gasteiger partial charge in [-0.1, -0.05) is 27.4 Å². The molecule has 0 saturated carbocycles. The largest absolute Gasteiger partial charge is 0.287 e. The van der Waals surface area contributed by atoms with E-state index in [0.717, 1.165) is 11.3 Å². The second-order valence-electron chi connectivity index (χ2n) is 4.80. The van der Waals surface area contributed by atoms with Gasteiger partial charge < -0.3 is 0 Å². The molecule has 0 aliphatic rings. The van der Waals surface area contributed by atoms with Gasteiger partial charge in [-0.2, -0.15) is 0 Å². The van der Waals surface area contributed by atoms with Gasteiger partial charge in [-0.05, 0) is 49.7 Å². The lowest BCUT2D eigenvalue weighted by Crippen LogP contribution is -2.01. The fourth-order valence-corrected chi connectivity index (χ4v) is 2.39. The van der Waals surface area contributed by atoms with Gasteiger partial charge >= 0.3 is 0 Å². The first-order valence-corrected chi connectivity index (χ1v) is 7.47. The Hall–Kier alpha value is -2.67. The topological polar surface area (TPSA) is 73.6 Å². The summed E-state index contributed by atoms with van der Waals surface area (Å²) in [5, 5.41) is 13.7. The number of hydrogen-bond donors (Lipinski definition) is 0. The van der Waals surface area contributed by atoms with Crippen LogP contribution in [0.3, 0.4) is 0 Å². The van der Waals surface area contributed by atoms with Gasteiger partial charge in [-0.3, -0.25) is 4.79 Å². The molecule has 0 saturated heterocycles. The number of rotatable bonds is 4. The minimum atomic E-state index is -0.205. The maximum absolute atomic E-state index is 12.2. The molecule has 3 rings (SSSR count). The normalized spacial score (nSPS) is 11.2. The monoisotopic (exact) mass is 311 g/mol. The minimum absolute atomic E-state index is 0.205. The van der Waals surface area contributed by atoms with E-state index < -0.39 is 0 Å². The molecule has 0 fully saturated rings. The zero-order valence-corrected chi connectivity index (χ0v) is 12.9. The molecular weight excluding hydrogens is 298 g/mol. The number of allylic oxidation sites excluding steroid dienone is 1. The third kappa shape index (κ3) is 2.84. The number of hydrogen-bond acceptors (Lipinski definition) is 6. The number of carbonyl (C=O) groups is 1. The first-order chi connectivity index (χ1) is 10.6. The second kappa shape index (κ2) is 5.98. The quantitative estimate of drug-likeness (QED) is 0.547. The van der Waals surface area contributed by atoms with Gasteiger partial charge in [0.05, 0.1) is 17.1 Å². The fourth-order valence-electron chi connectivity index (χ4n) is 1.97.